The van der Waals surface area contributed by atoms with Gasteiger partial charge in [0.15, 0.2) is 0 Å². The molecule has 2 heterocycles. The Bertz CT molecular complexity index is 1430. The summed E-state index contributed by atoms with van der Waals surface area (Å²) in [4.78, 5) is 17.6. The van der Waals surface area contributed by atoms with Crippen molar-refractivity contribution in [1.29, 1.82) is 0 Å². The van der Waals surface area contributed by atoms with Crippen molar-refractivity contribution in [2.75, 3.05) is 26.2 Å². The molecule has 0 N–H and O–H groups in total. The van der Waals surface area contributed by atoms with Crippen LogP contribution in [0.5, 0.6) is 5.75 Å². The summed E-state index contributed by atoms with van der Waals surface area (Å²) in [7, 11) is 0. The molecular weight excluding hydrogens is 519 g/mol. The largest absolute Gasteiger partial charge is 0.487 e. The van der Waals surface area contributed by atoms with Crippen LogP contribution >= 0.6 is 23.2 Å². The topological polar surface area (TPSA) is 50.6 Å². The molecule has 1 fully saturated rings. The van der Waals surface area contributed by atoms with Crippen LogP contribution < -0.4 is 4.74 Å². The van der Waals surface area contributed by atoms with Gasteiger partial charge >= 0.3 is 0 Å². The van der Waals surface area contributed by atoms with Crippen LogP contribution in [0.2, 0.25) is 10.0 Å². The molecule has 1 aliphatic heterocycles. The van der Waals surface area contributed by atoms with E-state index in [0.717, 1.165) is 42.3 Å². The fraction of sp³-hybridized carbons (Fsp3) is 0.267. The lowest BCUT2D eigenvalue weighted by Gasteiger charge is -2.35. The molecule has 3 aromatic carbocycles. The van der Waals surface area contributed by atoms with Crippen LogP contribution in [0, 0.1) is 13.8 Å². The standard InChI is InChI=1S/C30H30Cl2N4O2/c1-21-27(22(2)36(33-21)26-9-4-3-5-10-26)19-34-13-15-35(16-14-34)30(37)24-8-6-7-23(17-24)20-38-29-12-11-25(31)18-28(29)32/h3-12,17-18H,13-16,19-20H2,1-2H3. The minimum atomic E-state index is 0.0419. The zero-order chi connectivity index (χ0) is 26.6. The lowest BCUT2D eigenvalue weighted by molar-refractivity contribution is 0.0627. The van der Waals surface area contributed by atoms with Crippen molar-refractivity contribution in [3.8, 4) is 11.4 Å². The molecule has 1 aromatic heterocycles. The number of hydrogen-bond donors (Lipinski definition) is 0. The Morgan fingerprint density at radius 2 is 1.68 bits per heavy atom. The van der Waals surface area contributed by atoms with E-state index in [4.69, 9.17) is 33.0 Å². The van der Waals surface area contributed by atoms with Crippen molar-refractivity contribution >= 4 is 29.1 Å². The van der Waals surface area contributed by atoms with Crippen molar-refractivity contribution in [1.82, 2.24) is 19.6 Å². The number of amides is 1. The first-order valence-corrected chi connectivity index (χ1v) is 13.4. The smallest absolute Gasteiger partial charge is 0.253 e. The van der Waals surface area contributed by atoms with Crippen LogP contribution in [0.3, 0.4) is 0 Å². The van der Waals surface area contributed by atoms with E-state index in [1.54, 1.807) is 18.2 Å². The van der Waals surface area contributed by atoms with Gasteiger partial charge in [-0.3, -0.25) is 9.69 Å². The van der Waals surface area contributed by atoms with Gasteiger partial charge in [-0.25, -0.2) is 4.68 Å². The lowest BCUT2D eigenvalue weighted by atomic mass is 10.1. The van der Waals surface area contributed by atoms with Crippen LogP contribution in [-0.2, 0) is 13.2 Å². The average Bonchev–Trinajstić information content (AvgIpc) is 3.21. The molecular formula is C30H30Cl2N4O2. The Kier molecular flexibility index (Phi) is 8.03. The highest BCUT2D eigenvalue weighted by molar-refractivity contribution is 6.35. The third-order valence-electron chi connectivity index (χ3n) is 6.95. The lowest BCUT2D eigenvalue weighted by Crippen LogP contribution is -2.48. The fourth-order valence-electron chi connectivity index (χ4n) is 4.79. The van der Waals surface area contributed by atoms with E-state index >= 15 is 0 Å². The number of aryl methyl sites for hydroxylation is 1. The maximum atomic E-state index is 13.3. The second-order valence-corrected chi connectivity index (χ2v) is 10.4. The molecule has 4 aromatic rings. The van der Waals surface area contributed by atoms with Crippen molar-refractivity contribution in [3.05, 3.63) is 111 Å². The number of halogens is 2. The molecule has 1 saturated heterocycles. The first-order valence-electron chi connectivity index (χ1n) is 12.7. The van der Waals surface area contributed by atoms with E-state index in [1.807, 2.05) is 52.0 Å². The summed E-state index contributed by atoms with van der Waals surface area (Å²) in [6.07, 6.45) is 0. The molecule has 1 aliphatic rings. The molecule has 1 amide bonds. The predicted molar refractivity (Wildman–Crippen MR) is 151 cm³/mol. The fourth-order valence-corrected chi connectivity index (χ4v) is 5.25. The molecule has 38 heavy (non-hydrogen) atoms. The number of carbonyl (C=O) groups is 1. The predicted octanol–water partition coefficient (Wildman–Crippen LogP) is 6.33. The zero-order valence-electron chi connectivity index (χ0n) is 21.5. The van der Waals surface area contributed by atoms with Gasteiger partial charge in [0.05, 0.1) is 16.4 Å². The Hall–Kier alpha value is -3.32. The van der Waals surface area contributed by atoms with Gasteiger partial charge in [-0.15, -0.1) is 0 Å². The normalized spacial score (nSPS) is 14.1. The summed E-state index contributed by atoms with van der Waals surface area (Å²) in [5, 5.41) is 5.80. The minimum absolute atomic E-state index is 0.0419. The molecule has 0 spiro atoms. The van der Waals surface area contributed by atoms with E-state index in [-0.39, 0.29) is 5.91 Å². The van der Waals surface area contributed by atoms with Crippen molar-refractivity contribution < 1.29 is 9.53 Å². The van der Waals surface area contributed by atoms with Gasteiger partial charge < -0.3 is 9.64 Å². The van der Waals surface area contributed by atoms with E-state index < -0.39 is 0 Å². The number of aromatic nitrogens is 2. The van der Waals surface area contributed by atoms with E-state index in [1.165, 1.54) is 5.56 Å². The number of ether oxygens (including phenoxy) is 1. The number of benzene rings is 3. The maximum Gasteiger partial charge on any atom is 0.253 e. The molecule has 0 radical (unpaired) electrons. The van der Waals surface area contributed by atoms with Gasteiger partial charge in [0.1, 0.15) is 12.4 Å². The third-order valence-corrected chi connectivity index (χ3v) is 7.48. The van der Waals surface area contributed by atoms with Crippen LogP contribution in [-0.4, -0.2) is 51.7 Å². The summed E-state index contributed by atoms with van der Waals surface area (Å²) in [6, 6.07) is 22.9. The van der Waals surface area contributed by atoms with Crippen molar-refractivity contribution in [2.24, 2.45) is 0 Å². The van der Waals surface area contributed by atoms with Gasteiger partial charge in [-0.1, -0.05) is 53.5 Å². The SMILES string of the molecule is Cc1nn(-c2ccccc2)c(C)c1CN1CCN(C(=O)c2cccc(COc3ccc(Cl)cc3Cl)c2)CC1. The number of piperazine rings is 1. The molecule has 0 saturated carbocycles. The summed E-state index contributed by atoms with van der Waals surface area (Å²) >= 11 is 12.2. The van der Waals surface area contributed by atoms with E-state index in [2.05, 4.69) is 30.9 Å². The third kappa shape index (κ3) is 5.88. The van der Waals surface area contributed by atoms with Gasteiger partial charge in [0.2, 0.25) is 0 Å². The van der Waals surface area contributed by atoms with E-state index in [0.29, 0.717) is 41.1 Å². The average molecular weight is 550 g/mol. The Balaban J connectivity index is 1.18. The molecule has 0 bridgehead atoms. The van der Waals surface area contributed by atoms with Gasteiger partial charge in [-0.2, -0.15) is 5.10 Å². The number of hydrogen-bond acceptors (Lipinski definition) is 4. The minimum Gasteiger partial charge on any atom is -0.487 e. The van der Waals surface area contributed by atoms with E-state index in [9.17, 15) is 4.79 Å². The van der Waals surface area contributed by atoms with Crippen molar-refractivity contribution in [2.45, 2.75) is 27.0 Å². The first kappa shape index (κ1) is 26.3. The molecule has 5 rings (SSSR count). The van der Waals surface area contributed by atoms with Crippen LogP contribution in [0.1, 0.15) is 32.9 Å². The second kappa shape index (κ2) is 11.6. The second-order valence-electron chi connectivity index (χ2n) is 9.53. The Labute approximate surface area is 233 Å². The molecule has 0 aliphatic carbocycles. The number of para-hydroxylation sites is 1. The quantitative estimate of drug-likeness (QED) is 0.270. The van der Waals surface area contributed by atoms with Crippen LogP contribution in [0.15, 0.2) is 72.8 Å². The summed E-state index contributed by atoms with van der Waals surface area (Å²) in [5.41, 5.74) is 6.09. The van der Waals surface area contributed by atoms with Crippen molar-refractivity contribution in [3.63, 3.8) is 0 Å². The summed E-state index contributed by atoms with van der Waals surface area (Å²) < 4.78 is 7.86. The number of rotatable bonds is 7. The molecule has 0 atom stereocenters. The summed E-state index contributed by atoms with van der Waals surface area (Å²) in [5.74, 6) is 0.601. The van der Waals surface area contributed by atoms with Gasteiger partial charge in [-0.05, 0) is 61.9 Å². The number of carbonyl (C=O) groups excluding carboxylic acids is 1. The van der Waals surface area contributed by atoms with Crippen LogP contribution in [0.4, 0.5) is 0 Å². The van der Waals surface area contributed by atoms with Gasteiger partial charge in [0.25, 0.3) is 5.91 Å². The highest BCUT2D eigenvalue weighted by Gasteiger charge is 2.24. The Morgan fingerprint density at radius 1 is 0.921 bits per heavy atom. The molecule has 6 nitrogen and oxygen atoms in total. The monoisotopic (exact) mass is 548 g/mol. The number of nitrogens with zero attached hydrogens (tertiary/aromatic N) is 4. The maximum absolute atomic E-state index is 13.3. The molecule has 0 unspecified atom stereocenters. The van der Waals surface area contributed by atoms with Gasteiger partial charge in [0, 0.05) is 54.6 Å². The highest BCUT2D eigenvalue weighted by Crippen LogP contribution is 2.28. The highest BCUT2D eigenvalue weighted by atomic mass is 35.5. The van der Waals surface area contributed by atoms with Crippen LogP contribution in [0.25, 0.3) is 5.69 Å². The molecule has 196 valence electrons. The zero-order valence-corrected chi connectivity index (χ0v) is 23.0. The Morgan fingerprint density at radius 3 is 2.42 bits per heavy atom. The first-order chi connectivity index (χ1) is 18.4. The summed E-state index contributed by atoms with van der Waals surface area (Å²) in [6.45, 7) is 8.34. The molecule has 8 heteroatoms.